The first-order valence-electron chi connectivity index (χ1n) is 6.95. The van der Waals surface area contributed by atoms with Gasteiger partial charge in [0, 0.05) is 23.7 Å². The zero-order valence-corrected chi connectivity index (χ0v) is 12.6. The van der Waals surface area contributed by atoms with Crippen LogP contribution in [0.3, 0.4) is 0 Å². The summed E-state index contributed by atoms with van der Waals surface area (Å²) in [5.74, 6) is -0.463. The third-order valence-electron chi connectivity index (χ3n) is 3.72. The summed E-state index contributed by atoms with van der Waals surface area (Å²) in [6, 6.07) is 4.20. The van der Waals surface area contributed by atoms with Crippen LogP contribution in [-0.2, 0) is 0 Å². The molecular formula is C14H18ClN3O3. The molecule has 2 rings (SSSR count). The van der Waals surface area contributed by atoms with E-state index in [4.69, 9.17) is 11.6 Å². The molecule has 0 aromatic heterocycles. The fourth-order valence-corrected chi connectivity index (χ4v) is 2.67. The molecule has 0 bridgehead atoms. The smallest absolute Gasteiger partial charge is 0.282 e. The molecule has 0 spiro atoms. The Labute approximate surface area is 128 Å². The number of nitro groups is 1. The Balaban J connectivity index is 2.02. The normalized spacial score (nSPS) is 16.7. The molecule has 1 aromatic rings. The number of rotatable bonds is 5. The van der Waals surface area contributed by atoms with E-state index in [9.17, 15) is 14.9 Å². The minimum absolute atomic E-state index is 0.00104. The second-order valence-corrected chi connectivity index (χ2v) is 5.66. The van der Waals surface area contributed by atoms with Crippen molar-refractivity contribution >= 4 is 23.2 Å². The van der Waals surface area contributed by atoms with Crippen LogP contribution >= 0.6 is 11.6 Å². The zero-order valence-electron chi connectivity index (χ0n) is 11.8. The van der Waals surface area contributed by atoms with Crippen LogP contribution in [0.4, 0.5) is 5.69 Å². The predicted octanol–water partition coefficient (Wildman–Crippen LogP) is 2.46. The van der Waals surface area contributed by atoms with E-state index in [-0.39, 0.29) is 17.3 Å². The van der Waals surface area contributed by atoms with E-state index in [2.05, 4.69) is 10.2 Å². The Bertz CT molecular complexity index is 544. The third kappa shape index (κ3) is 3.92. The monoisotopic (exact) mass is 311 g/mol. The fourth-order valence-electron chi connectivity index (χ4n) is 2.50. The van der Waals surface area contributed by atoms with Crippen LogP contribution in [0.25, 0.3) is 0 Å². The Morgan fingerprint density at radius 1 is 1.48 bits per heavy atom. The van der Waals surface area contributed by atoms with Crippen LogP contribution in [0, 0.1) is 10.1 Å². The first-order valence-corrected chi connectivity index (χ1v) is 7.33. The molecule has 1 aliphatic rings. The van der Waals surface area contributed by atoms with E-state index in [0.717, 1.165) is 13.1 Å². The highest BCUT2D eigenvalue weighted by Gasteiger charge is 2.22. The third-order valence-corrected chi connectivity index (χ3v) is 3.96. The van der Waals surface area contributed by atoms with Gasteiger partial charge in [-0.3, -0.25) is 19.8 Å². The molecule has 1 aliphatic heterocycles. The summed E-state index contributed by atoms with van der Waals surface area (Å²) in [6.45, 7) is 4.57. The van der Waals surface area contributed by atoms with E-state index >= 15 is 0 Å². The molecule has 1 N–H and O–H groups in total. The van der Waals surface area contributed by atoms with Gasteiger partial charge >= 0.3 is 0 Å². The van der Waals surface area contributed by atoms with Gasteiger partial charge in [0.2, 0.25) is 0 Å². The molecule has 1 fully saturated rings. The Morgan fingerprint density at radius 3 is 2.76 bits per heavy atom. The second kappa shape index (κ2) is 6.87. The average Bonchev–Trinajstić information content (AvgIpc) is 2.98. The number of halogens is 1. The standard InChI is InChI=1S/C14H18ClN3O3/c1-10(17-6-2-3-7-17)9-16-14(19)12-8-11(15)4-5-13(12)18(20)21/h4-5,8,10H,2-3,6-7,9H2,1H3,(H,16,19). The predicted molar refractivity (Wildman–Crippen MR) is 80.7 cm³/mol. The number of hydrogen-bond acceptors (Lipinski definition) is 4. The molecule has 1 aromatic carbocycles. The van der Waals surface area contributed by atoms with Gasteiger partial charge in [0.1, 0.15) is 5.56 Å². The molecule has 1 unspecified atom stereocenters. The molecule has 21 heavy (non-hydrogen) atoms. The van der Waals surface area contributed by atoms with E-state index in [1.165, 1.54) is 31.0 Å². The highest BCUT2D eigenvalue weighted by Crippen LogP contribution is 2.22. The van der Waals surface area contributed by atoms with Gasteiger partial charge in [-0.1, -0.05) is 11.6 Å². The van der Waals surface area contributed by atoms with Gasteiger partial charge in [-0.05, 0) is 45.0 Å². The highest BCUT2D eigenvalue weighted by atomic mass is 35.5. The number of carbonyl (C=O) groups is 1. The minimum atomic E-state index is -0.574. The average molecular weight is 312 g/mol. The maximum Gasteiger partial charge on any atom is 0.282 e. The summed E-state index contributed by atoms with van der Waals surface area (Å²) in [4.78, 5) is 24.8. The zero-order chi connectivity index (χ0) is 15.4. The van der Waals surface area contributed by atoms with Crippen LogP contribution in [0.1, 0.15) is 30.1 Å². The molecule has 0 aliphatic carbocycles. The quantitative estimate of drug-likeness (QED) is 0.669. The molecule has 1 amide bonds. The Hall–Kier alpha value is -1.66. The topological polar surface area (TPSA) is 75.5 Å². The van der Waals surface area contributed by atoms with Crippen LogP contribution in [0.2, 0.25) is 5.02 Å². The summed E-state index contributed by atoms with van der Waals surface area (Å²) in [5.41, 5.74) is -0.230. The molecule has 1 heterocycles. The number of carbonyl (C=O) groups excluding carboxylic acids is 1. The number of likely N-dealkylation sites (tertiary alicyclic amines) is 1. The lowest BCUT2D eigenvalue weighted by molar-refractivity contribution is -0.385. The second-order valence-electron chi connectivity index (χ2n) is 5.22. The van der Waals surface area contributed by atoms with Gasteiger partial charge in [-0.25, -0.2) is 0 Å². The minimum Gasteiger partial charge on any atom is -0.350 e. The largest absolute Gasteiger partial charge is 0.350 e. The molecule has 1 atom stereocenters. The van der Waals surface area contributed by atoms with E-state index in [1.807, 2.05) is 6.92 Å². The summed E-state index contributed by atoms with van der Waals surface area (Å²) >= 11 is 5.82. The maximum absolute atomic E-state index is 12.1. The summed E-state index contributed by atoms with van der Waals surface area (Å²) in [6.07, 6.45) is 2.36. The van der Waals surface area contributed by atoms with E-state index in [0.29, 0.717) is 11.6 Å². The number of nitro benzene ring substituents is 1. The summed E-state index contributed by atoms with van der Waals surface area (Å²) in [5, 5.41) is 14.0. The van der Waals surface area contributed by atoms with Crippen molar-refractivity contribution in [1.82, 2.24) is 10.2 Å². The van der Waals surface area contributed by atoms with Crippen LogP contribution in [-0.4, -0.2) is 41.4 Å². The van der Waals surface area contributed by atoms with Crippen molar-refractivity contribution in [2.45, 2.75) is 25.8 Å². The molecule has 0 saturated carbocycles. The van der Waals surface area contributed by atoms with Gasteiger partial charge in [-0.15, -0.1) is 0 Å². The van der Waals surface area contributed by atoms with Crippen LogP contribution in [0.15, 0.2) is 18.2 Å². The van der Waals surface area contributed by atoms with Crippen molar-refractivity contribution < 1.29 is 9.72 Å². The lowest BCUT2D eigenvalue weighted by atomic mass is 10.1. The first kappa shape index (κ1) is 15.7. The Morgan fingerprint density at radius 2 is 2.14 bits per heavy atom. The highest BCUT2D eigenvalue weighted by molar-refractivity contribution is 6.31. The number of nitrogens with zero attached hydrogens (tertiary/aromatic N) is 2. The first-order chi connectivity index (χ1) is 9.99. The number of hydrogen-bond donors (Lipinski definition) is 1. The van der Waals surface area contributed by atoms with E-state index < -0.39 is 10.8 Å². The van der Waals surface area contributed by atoms with Crippen molar-refractivity contribution in [1.29, 1.82) is 0 Å². The van der Waals surface area contributed by atoms with Crippen molar-refractivity contribution in [2.24, 2.45) is 0 Å². The fraction of sp³-hybridized carbons (Fsp3) is 0.500. The van der Waals surface area contributed by atoms with Crippen molar-refractivity contribution in [3.05, 3.63) is 38.9 Å². The number of benzene rings is 1. The number of nitrogens with one attached hydrogen (secondary N) is 1. The molecule has 7 heteroatoms. The lowest BCUT2D eigenvalue weighted by Gasteiger charge is -2.23. The van der Waals surface area contributed by atoms with Crippen LogP contribution in [0.5, 0.6) is 0 Å². The molecule has 0 radical (unpaired) electrons. The molecule has 6 nitrogen and oxygen atoms in total. The molecular weight excluding hydrogens is 294 g/mol. The van der Waals surface area contributed by atoms with E-state index in [1.54, 1.807) is 0 Å². The number of amides is 1. The van der Waals surface area contributed by atoms with Gasteiger partial charge < -0.3 is 5.32 Å². The van der Waals surface area contributed by atoms with Gasteiger partial charge in [0.05, 0.1) is 4.92 Å². The van der Waals surface area contributed by atoms with Crippen molar-refractivity contribution in [2.75, 3.05) is 19.6 Å². The SMILES string of the molecule is CC(CNC(=O)c1cc(Cl)ccc1[N+](=O)[O-])N1CCCC1. The van der Waals surface area contributed by atoms with Gasteiger partial charge in [0.15, 0.2) is 0 Å². The van der Waals surface area contributed by atoms with Gasteiger partial charge in [0.25, 0.3) is 11.6 Å². The molecule has 1 saturated heterocycles. The maximum atomic E-state index is 12.1. The van der Waals surface area contributed by atoms with Crippen molar-refractivity contribution in [3.63, 3.8) is 0 Å². The summed E-state index contributed by atoms with van der Waals surface area (Å²) < 4.78 is 0. The summed E-state index contributed by atoms with van der Waals surface area (Å²) in [7, 11) is 0. The van der Waals surface area contributed by atoms with Gasteiger partial charge in [-0.2, -0.15) is 0 Å². The Kier molecular flexibility index (Phi) is 5.14. The lowest BCUT2D eigenvalue weighted by Crippen LogP contribution is -2.40. The van der Waals surface area contributed by atoms with Crippen LogP contribution < -0.4 is 5.32 Å². The molecule has 114 valence electrons. The van der Waals surface area contributed by atoms with Crippen molar-refractivity contribution in [3.8, 4) is 0 Å².